The number of phenols is 1. The number of benzene rings is 3. The second kappa shape index (κ2) is 9.63. The second-order valence-corrected chi connectivity index (χ2v) is 11.7. The number of thiazole rings is 1. The number of phenolic OH excluding ortho intramolecular Hbond substituents is 1. The maximum Gasteiger partial charge on any atom is 0.365 e. The van der Waals surface area contributed by atoms with Crippen molar-refractivity contribution in [1.29, 1.82) is 0 Å². The van der Waals surface area contributed by atoms with Crippen LogP contribution in [0.5, 0.6) is 11.5 Å². The highest BCUT2D eigenvalue weighted by Gasteiger charge is 2.27. The molecule has 14 nitrogen and oxygen atoms in total. The van der Waals surface area contributed by atoms with Crippen LogP contribution in [0.4, 0.5) is 0 Å². The third-order valence-electron chi connectivity index (χ3n) is 5.53. The fraction of sp³-hybridized carbons (Fsp3) is 0.0909. The van der Waals surface area contributed by atoms with Crippen LogP contribution in [0.3, 0.4) is 0 Å². The average molecular weight is 591 g/mol. The van der Waals surface area contributed by atoms with Crippen molar-refractivity contribution in [2.75, 3.05) is 7.11 Å². The maximum absolute atomic E-state index is 11.7. The number of aliphatic hydroxyl groups excluding tert-OH is 1. The van der Waals surface area contributed by atoms with Gasteiger partial charge in [-0.25, -0.2) is 16.8 Å². The highest BCUT2D eigenvalue weighted by atomic mass is 32.2. The lowest BCUT2D eigenvalue weighted by atomic mass is 10.2. The van der Waals surface area contributed by atoms with E-state index >= 15 is 0 Å². The van der Waals surface area contributed by atoms with E-state index in [0.717, 1.165) is 45.2 Å². The molecule has 0 saturated heterocycles. The van der Waals surface area contributed by atoms with Crippen molar-refractivity contribution >= 4 is 41.8 Å². The van der Waals surface area contributed by atoms with E-state index in [9.17, 15) is 36.2 Å². The summed E-state index contributed by atoms with van der Waals surface area (Å²) in [5, 5.41) is 28.7. The van der Waals surface area contributed by atoms with Gasteiger partial charge in [0.1, 0.15) is 37.4 Å². The van der Waals surface area contributed by atoms with Gasteiger partial charge in [-0.3, -0.25) is 0 Å². The molecule has 0 saturated carbocycles. The van der Waals surface area contributed by atoms with E-state index in [1.807, 2.05) is 0 Å². The van der Waals surface area contributed by atoms with Crippen LogP contribution < -0.4 is 9.53 Å². The Bertz CT molecular complexity index is 1970. The number of rotatable bonds is 7. The highest BCUT2D eigenvalue weighted by molar-refractivity contribution is 7.86. The molecule has 0 aliphatic heterocycles. The first-order chi connectivity index (χ1) is 18.4. The van der Waals surface area contributed by atoms with Crippen molar-refractivity contribution in [3.63, 3.8) is 0 Å². The lowest BCUT2D eigenvalue weighted by Crippen LogP contribution is -2.43. The number of nitrogens with zero attached hydrogens (tertiary/aromatic N) is 5. The number of aromatic nitrogens is 5. The normalized spacial score (nSPS) is 12.2. The van der Waals surface area contributed by atoms with Crippen molar-refractivity contribution < 1.29 is 45.7 Å². The van der Waals surface area contributed by atoms with Gasteiger partial charge < -0.3 is 24.1 Å². The average Bonchev–Trinajstić information content (AvgIpc) is 3.51. The zero-order valence-electron chi connectivity index (χ0n) is 19.6. The van der Waals surface area contributed by atoms with E-state index in [0.29, 0.717) is 16.0 Å². The minimum Gasteiger partial charge on any atom is -0.744 e. The third kappa shape index (κ3) is 5.05. The summed E-state index contributed by atoms with van der Waals surface area (Å²) in [6.07, 6.45) is 0. The topological polar surface area (TPSA) is 212 Å². The smallest absolute Gasteiger partial charge is 0.365 e. The lowest BCUT2D eigenvalue weighted by Gasteiger charge is -2.11. The summed E-state index contributed by atoms with van der Waals surface area (Å²) in [5.74, 6) is -0.357. The molecule has 2 aromatic heterocycles. The van der Waals surface area contributed by atoms with Crippen LogP contribution in [0.2, 0.25) is 0 Å². The van der Waals surface area contributed by atoms with Gasteiger partial charge in [-0.15, -0.1) is 0 Å². The number of hydrogen-bond donors (Lipinski definition) is 2. The molecule has 5 aromatic rings. The number of methoxy groups -OCH3 is 1. The van der Waals surface area contributed by atoms with Crippen molar-refractivity contribution in [2.45, 2.75) is 16.4 Å². The Kier molecular flexibility index (Phi) is 6.57. The first kappa shape index (κ1) is 26.6. The SMILES string of the molecule is COc1ccc2nc(-[n+]3nc(-c4ccc(O)c(S(=O)(=O)[O-])c4)nn3-c3cc(S(=O)(=O)[O-])ccc3CO)sc2c1. The van der Waals surface area contributed by atoms with Gasteiger partial charge in [0, 0.05) is 22.3 Å². The number of ether oxygens (including phenoxy) is 1. The van der Waals surface area contributed by atoms with Crippen LogP contribution in [0.1, 0.15) is 5.56 Å². The summed E-state index contributed by atoms with van der Waals surface area (Å²) >= 11 is 1.15. The zero-order chi connectivity index (χ0) is 28.1. The molecule has 202 valence electrons. The predicted molar refractivity (Wildman–Crippen MR) is 132 cm³/mol. The summed E-state index contributed by atoms with van der Waals surface area (Å²) < 4.78 is 76.0. The van der Waals surface area contributed by atoms with E-state index in [-0.39, 0.29) is 27.8 Å². The second-order valence-electron chi connectivity index (χ2n) is 7.97. The summed E-state index contributed by atoms with van der Waals surface area (Å²) in [6.45, 7) is -0.571. The number of tetrazole rings is 1. The van der Waals surface area contributed by atoms with E-state index in [2.05, 4.69) is 15.2 Å². The van der Waals surface area contributed by atoms with Crippen LogP contribution in [-0.4, -0.2) is 63.2 Å². The quantitative estimate of drug-likeness (QED) is 0.199. The number of fused-ring (bicyclic) bond motifs is 1. The molecule has 39 heavy (non-hydrogen) atoms. The van der Waals surface area contributed by atoms with E-state index in [1.165, 1.54) is 19.2 Å². The molecule has 0 amide bonds. The predicted octanol–water partition coefficient (Wildman–Crippen LogP) is 0.835. The molecule has 17 heteroatoms. The van der Waals surface area contributed by atoms with Crippen molar-refractivity contribution in [2.24, 2.45) is 0 Å². The molecule has 3 aromatic carbocycles. The number of aromatic hydroxyl groups is 1. The first-order valence-corrected chi connectivity index (χ1v) is 14.4. The van der Waals surface area contributed by atoms with Gasteiger partial charge in [0.2, 0.25) is 0 Å². The highest BCUT2D eigenvalue weighted by Crippen LogP contribution is 2.29. The Labute approximate surface area is 224 Å². The lowest BCUT2D eigenvalue weighted by molar-refractivity contribution is -0.734. The van der Waals surface area contributed by atoms with Crippen molar-refractivity contribution in [1.82, 2.24) is 20.0 Å². The maximum atomic E-state index is 11.7. The molecule has 0 unspecified atom stereocenters. The Hall–Kier alpha value is -4.00. The Balaban J connectivity index is 1.79. The molecule has 0 aliphatic carbocycles. The third-order valence-corrected chi connectivity index (χ3v) is 8.21. The van der Waals surface area contributed by atoms with Crippen LogP contribution >= 0.6 is 11.3 Å². The Morgan fingerprint density at radius 2 is 1.79 bits per heavy atom. The van der Waals surface area contributed by atoms with Crippen molar-refractivity contribution in [3.8, 4) is 33.7 Å². The fourth-order valence-corrected chi connectivity index (χ4v) is 5.68. The van der Waals surface area contributed by atoms with Crippen LogP contribution in [0.15, 0.2) is 64.4 Å². The van der Waals surface area contributed by atoms with E-state index in [1.54, 1.807) is 18.2 Å². The molecule has 2 heterocycles. The van der Waals surface area contributed by atoms with Gasteiger partial charge in [0.25, 0.3) is 5.82 Å². The van der Waals surface area contributed by atoms with Gasteiger partial charge in [0.15, 0.2) is 5.52 Å². The van der Waals surface area contributed by atoms with E-state index in [4.69, 9.17) is 4.74 Å². The molecule has 0 atom stereocenters. The molecular formula is C22H16N5O9S3-. The van der Waals surface area contributed by atoms with Gasteiger partial charge in [-0.05, 0) is 57.2 Å². The minimum absolute atomic E-state index is 0.00987. The molecular weight excluding hydrogens is 574 g/mol. The number of aliphatic hydroxyl groups is 1. The van der Waals surface area contributed by atoms with Crippen LogP contribution in [0, 0.1) is 0 Å². The summed E-state index contributed by atoms with van der Waals surface area (Å²) in [6, 6.07) is 11.5. The fourth-order valence-electron chi connectivity index (χ4n) is 3.66. The van der Waals surface area contributed by atoms with Gasteiger partial charge >= 0.3 is 5.13 Å². The summed E-state index contributed by atoms with van der Waals surface area (Å²) in [5.41, 5.74) is 0.696. The van der Waals surface area contributed by atoms with Crippen LogP contribution in [0.25, 0.3) is 32.4 Å². The van der Waals surface area contributed by atoms with Gasteiger partial charge in [-0.2, -0.15) is 0 Å². The zero-order valence-corrected chi connectivity index (χ0v) is 22.1. The summed E-state index contributed by atoms with van der Waals surface area (Å²) in [7, 11) is -8.45. The van der Waals surface area contributed by atoms with Crippen molar-refractivity contribution in [3.05, 3.63) is 60.2 Å². The molecule has 0 bridgehead atoms. The minimum atomic E-state index is -5.05. The molecule has 5 rings (SSSR count). The monoisotopic (exact) mass is 590 g/mol. The summed E-state index contributed by atoms with van der Waals surface area (Å²) in [4.78, 5) is 5.25. The standard InChI is InChI=1S/C22H17N5O9S3/c1-36-14-4-6-16-19(9-14)37-22(23-16)27-25-21(12-3-7-18(29)20(8-12)39(33,34)35)24-26(27)17-10-15(38(30,31)32)5-2-13(17)11-28/h2-10,28H,11H2,1H3,(H2-,24,25,29,30,31,32,33,34,35)/p-1. The Morgan fingerprint density at radius 3 is 2.46 bits per heavy atom. The molecule has 2 N–H and O–H groups in total. The first-order valence-electron chi connectivity index (χ1n) is 10.7. The number of hydrogen-bond acceptors (Lipinski definition) is 13. The Morgan fingerprint density at radius 1 is 1.03 bits per heavy atom. The van der Waals surface area contributed by atoms with E-state index < -0.39 is 42.4 Å². The largest absolute Gasteiger partial charge is 0.744 e. The molecule has 0 spiro atoms. The van der Waals surface area contributed by atoms with Crippen LogP contribution in [-0.2, 0) is 26.8 Å². The van der Waals surface area contributed by atoms with Gasteiger partial charge in [0.05, 0.1) is 28.2 Å². The molecule has 0 aliphatic rings. The van der Waals surface area contributed by atoms with Gasteiger partial charge in [-0.1, -0.05) is 22.4 Å². The molecule has 0 radical (unpaired) electrons. The molecule has 0 fully saturated rings.